The third kappa shape index (κ3) is 1.71. The van der Waals surface area contributed by atoms with E-state index in [1.54, 1.807) is 0 Å². The fourth-order valence-corrected chi connectivity index (χ4v) is 2.03. The Kier molecular flexibility index (Phi) is 2.42. The molecule has 0 radical (unpaired) electrons. The van der Waals surface area contributed by atoms with Gasteiger partial charge in [0, 0.05) is 6.42 Å². The summed E-state index contributed by atoms with van der Waals surface area (Å²) >= 11 is 0. The summed E-state index contributed by atoms with van der Waals surface area (Å²) in [5, 5.41) is 18.5. The van der Waals surface area contributed by atoms with Gasteiger partial charge in [-0.1, -0.05) is 0 Å². The number of aromatic amines is 1. The van der Waals surface area contributed by atoms with Crippen LogP contribution >= 0.6 is 0 Å². The van der Waals surface area contributed by atoms with Crippen molar-refractivity contribution < 1.29 is 14.9 Å². The number of rotatable bonds is 1. The lowest BCUT2D eigenvalue weighted by Gasteiger charge is -2.11. The number of nitrogens with two attached hydrogens (primary N) is 1. The predicted molar refractivity (Wildman–Crippen MR) is 64.0 cm³/mol. The monoisotopic (exact) mass is 265 g/mol. The third-order valence-corrected chi connectivity index (χ3v) is 2.91. The fourth-order valence-electron chi connectivity index (χ4n) is 2.03. The number of aliphatic hydroxyl groups excluding tert-OH is 2. The van der Waals surface area contributed by atoms with Crippen LogP contribution in [-0.4, -0.2) is 35.8 Å². The molecule has 3 rings (SSSR count). The van der Waals surface area contributed by atoms with Crippen LogP contribution in [0.3, 0.4) is 0 Å². The second kappa shape index (κ2) is 3.99. The molecule has 2 atom stereocenters. The van der Waals surface area contributed by atoms with E-state index >= 15 is 0 Å². The van der Waals surface area contributed by atoms with Crippen LogP contribution in [0.15, 0.2) is 23.1 Å². The number of aliphatic hydroxyl groups is 2. The van der Waals surface area contributed by atoms with Gasteiger partial charge in [0.2, 0.25) is 5.95 Å². The number of ether oxygens (including phenoxy) is 1. The number of nitrogens with zero attached hydrogens (tertiary/aromatic N) is 3. The van der Waals surface area contributed by atoms with Gasteiger partial charge < -0.3 is 20.7 Å². The molecular formula is C10H11N5O4. The molecule has 0 amide bonds. The molecule has 1 fully saturated rings. The summed E-state index contributed by atoms with van der Waals surface area (Å²) in [5.41, 5.74) is 5.43. The minimum absolute atomic E-state index is 0.0317. The highest BCUT2D eigenvalue weighted by Gasteiger charge is 2.32. The normalized spacial score (nSPS) is 25.0. The Labute approximate surface area is 106 Å². The van der Waals surface area contributed by atoms with Crippen molar-refractivity contribution in [1.29, 1.82) is 0 Å². The standard InChI is InChI=1S/C10H11N5O4/c11-10-13-8-7(9(18)14-10)12-3-15(8)6-1-4(17)5(2-16)19-6/h2-4,6,16-17H,1H2,(H3,11,13,14,18)/b5-2-/t4-,6+/m0/s1. The lowest BCUT2D eigenvalue weighted by molar-refractivity contribution is 0.0952. The molecule has 0 saturated carbocycles. The molecule has 0 unspecified atom stereocenters. The molecule has 1 saturated heterocycles. The summed E-state index contributed by atoms with van der Waals surface area (Å²) in [6.45, 7) is 0. The highest BCUT2D eigenvalue weighted by atomic mass is 16.5. The maximum absolute atomic E-state index is 11.6. The average molecular weight is 265 g/mol. The second-order valence-corrected chi connectivity index (χ2v) is 4.13. The fraction of sp³-hybridized carbons (Fsp3) is 0.300. The molecule has 9 nitrogen and oxygen atoms in total. The SMILES string of the molecule is Nc1nc2c(ncn2[C@H]2C[C@H](O)/C(=C/O)O2)c(=O)[nH]1. The van der Waals surface area contributed by atoms with E-state index in [1.807, 2.05) is 0 Å². The second-order valence-electron chi connectivity index (χ2n) is 4.13. The van der Waals surface area contributed by atoms with E-state index in [2.05, 4.69) is 15.0 Å². The van der Waals surface area contributed by atoms with Crippen LogP contribution in [0.1, 0.15) is 12.6 Å². The number of H-pyrrole nitrogens is 1. The first-order chi connectivity index (χ1) is 9.10. The number of fused-ring (bicyclic) bond motifs is 1. The number of nitrogens with one attached hydrogen (secondary N) is 1. The molecule has 0 aromatic carbocycles. The highest BCUT2D eigenvalue weighted by Crippen LogP contribution is 2.32. The van der Waals surface area contributed by atoms with Crippen LogP contribution in [0.2, 0.25) is 0 Å². The molecule has 0 spiro atoms. The Morgan fingerprint density at radius 1 is 1.63 bits per heavy atom. The minimum Gasteiger partial charge on any atom is -0.512 e. The molecule has 19 heavy (non-hydrogen) atoms. The van der Waals surface area contributed by atoms with Gasteiger partial charge in [-0.25, -0.2) is 4.98 Å². The van der Waals surface area contributed by atoms with E-state index < -0.39 is 17.9 Å². The molecule has 9 heteroatoms. The quantitative estimate of drug-likeness (QED) is 0.504. The van der Waals surface area contributed by atoms with Crippen LogP contribution in [-0.2, 0) is 4.74 Å². The van der Waals surface area contributed by atoms with E-state index in [-0.39, 0.29) is 29.3 Å². The number of hydrogen-bond donors (Lipinski definition) is 4. The number of imidazole rings is 1. The summed E-state index contributed by atoms with van der Waals surface area (Å²) in [5.74, 6) is 0.0281. The smallest absolute Gasteiger partial charge is 0.280 e. The van der Waals surface area contributed by atoms with Crippen molar-refractivity contribution in [3.05, 3.63) is 28.7 Å². The Morgan fingerprint density at radius 3 is 3.11 bits per heavy atom. The maximum atomic E-state index is 11.6. The summed E-state index contributed by atoms with van der Waals surface area (Å²) in [6.07, 6.45) is 0.785. The summed E-state index contributed by atoms with van der Waals surface area (Å²) in [4.78, 5) is 21.9. The van der Waals surface area contributed by atoms with Crippen LogP contribution in [0.4, 0.5) is 5.95 Å². The lowest BCUT2D eigenvalue weighted by atomic mass is 10.2. The van der Waals surface area contributed by atoms with Gasteiger partial charge in [-0.2, -0.15) is 4.98 Å². The van der Waals surface area contributed by atoms with E-state index in [0.717, 1.165) is 0 Å². The lowest BCUT2D eigenvalue weighted by Crippen LogP contribution is -2.14. The summed E-state index contributed by atoms with van der Waals surface area (Å²) in [7, 11) is 0. The molecular weight excluding hydrogens is 254 g/mol. The average Bonchev–Trinajstić information content (AvgIpc) is 2.92. The van der Waals surface area contributed by atoms with E-state index in [1.165, 1.54) is 10.9 Å². The van der Waals surface area contributed by atoms with Gasteiger partial charge in [0.05, 0.1) is 0 Å². The number of nitrogen functional groups attached to an aromatic ring is 1. The van der Waals surface area contributed by atoms with Gasteiger partial charge in [0.15, 0.2) is 23.2 Å². The minimum atomic E-state index is -0.910. The van der Waals surface area contributed by atoms with Crippen LogP contribution in [0.25, 0.3) is 11.2 Å². The molecule has 3 heterocycles. The molecule has 0 aliphatic carbocycles. The van der Waals surface area contributed by atoms with E-state index in [9.17, 15) is 9.90 Å². The van der Waals surface area contributed by atoms with E-state index in [0.29, 0.717) is 6.26 Å². The molecule has 100 valence electrons. The van der Waals surface area contributed by atoms with E-state index in [4.69, 9.17) is 15.6 Å². The Morgan fingerprint density at radius 2 is 2.42 bits per heavy atom. The van der Waals surface area contributed by atoms with Crippen LogP contribution < -0.4 is 11.3 Å². The Balaban J connectivity index is 2.10. The summed E-state index contributed by atoms with van der Waals surface area (Å²) in [6, 6.07) is 0. The maximum Gasteiger partial charge on any atom is 0.280 e. The van der Waals surface area contributed by atoms with Crippen molar-refractivity contribution >= 4 is 17.1 Å². The van der Waals surface area contributed by atoms with Gasteiger partial charge in [-0.15, -0.1) is 0 Å². The van der Waals surface area contributed by atoms with Crippen molar-refractivity contribution in [2.24, 2.45) is 0 Å². The zero-order valence-electron chi connectivity index (χ0n) is 9.65. The van der Waals surface area contributed by atoms with Crippen LogP contribution in [0, 0.1) is 0 Å². The topological polar surface area (TPSA) is 139 Å². The molecule has 5 N–H and O–H groups in total. The van der Waals surface area contributed by atoms with Gasteiger partial charge in [0.1, 0.15) is 18.7 Å². The molecule has 1 aliphatic rings. The number of anilines is 1. The molecule has 1 aliphatic heterocycles. The molecule has 2 aromatic rings. The highest BCUT2D eigenvalue weighted by molar-refractivity contribution is 5.70. The first-order valence-corrected chi connectivity index (χ1v) is 5.51. The largest absolute Gasteiger partial charge is 0.512 e. The number of hydrogen-bond acceptors (Lipinski definition) is 7. The van der Waals surface area contributed by atoms with Gasteiger partial charge in [-0.05, 0) is 0 Å². The van der Waals surface area contributed by atoms with Crippen molar-refractivity contribution in [3.63, 3.8) is 0 Å². The summed E-state index contributed by atoms with van der Waals surface area (Å²) < 4.78 is 6.83. The first-order valence-electron chi connectivity index (χ1n) is 5.51. The number of aromatic nitrogens is 4. The third-order valence-electron chi connectivity index (χ3n) is 2.91. The van der Waals surface area contributed by atoms with Gasteiger partial charge in [0.25, 0.3) is 5.56 Å². The zero-order chi connectivity index (χ0) is 13.6. The van der Waals surface area contributed by atoms with Crippen molar-refractivity contribution in [2.75, 3.05) is 5.73 Å². The Hall–Kier alpha value is -2.55. The van der Waals surface area contributed by atoms with Gasteiger partial charge in [-0.3, -0.25) is 14.3 Å². The molecule has 0 bridgehead atoms. The zero-order valence-corrected chi connectivity index (χ0v) is 9.65. The van der Waals surface area contributed by atoms with Crippen LogP contribution in [0.5, 0.6) is 0 Å². The molecule has 2 aromatic heterocycles. The van der Waals surface area contributed by atoms with Crippen molar-refractivity contribution in [2.45, 2.75) is 18.8 Å². The predicted octanol–water partition coefficient (Wildman–Crippen LogP) is -0.619. The Bertz CT molecular complexity index is 718. The van der Waals surface area contributed by atoms with Gasteiger partial charge >= 0.3 is 0 Å². The van der Waals surface area contributed by atoms with Crippen molar-refractivity contribution in [1.82, 2.24) is 19.5 Å². The first kappa shape index (κ1) is 11.5. The van der Waals surface area contributed by atoms with Crippen molar-refractivity contribution in [3.8, 4) is 0 Å².